The van der Waals surface area contributed by atoms with Crippen LogP contribution in [0.2, 0.25) is 0 Å². The van der Waals surface area contributed by atoms with Crippen molar-refractivity contribution in [2.24, 2.45) is 9.98 Å². The molecule has 1 N–H and O–H groups in total. The molecule has 1 unspecified atom stereocenters. The average molecular weight is 593 g/mol. The van der Waals surface area contributed by atoms with E-state index in [2.05, 4.69) is 133 Å². The van der Waals surface area contributed by atoms with Gasteiger partial charge in [-0.3, -0.25) is 0 Å². The summed E-state index contributed by atoms with van der Waals surface area (Å²) >= 11 is 0. The Morgan fingerprint density at radius 2 is 1.24 bits per heavy atom. The standard InChI is InChI=1S/C42H32N4/c1-42(2)34-20-12-11-19-33(34)38-37(42)36-32-18-10-9-13-27(32)23-26-35(36)46(38)31-24-21-30(22-25-31)41-44-39(28-14-5-3-6-15-28)43-40(45-41)29-16-7-4-8-17-29/h3-26,39H,1-2H3,(H,43,44,45). The van der Waals surface area contributed by atoms with Crippen LogP contribution < -0.4 is 5.32 Å². The molecule has 9 rings (SSSR count). The molecular weight excluding hydrogens is 560 g/mol. The number of nitrogens with one attached hydrogen (secondary N) is 1. The number of aromatic nitrogens is 1. The lowest BCUT2D eigenvalue weighted by molar-refractivity contribution is 0.666. The molecule has 0 saturated heterocycles. The summed E-state index contributed by atoms with van der Waals surface area (Å²) in [5.41, 5.74) is 10.7. The van der Waals surface area contributed by atoms with Gasteiger partial charge in [-0.1, -0.05) is 129 Å². The molecule has 4 nitrogen and oxygen atoms in total. The molecule has 0 fully saturated rings. The summed E-state index contributed by atoms with van der Waals surface area (Å²) in [4.78, 5) is 10.1. The van der Waals surface area contributed by atoms with Crippen molar-refractivity contribution in [3.05, 3.63) is 173 Å². The number of aliphatic imine (C=N–C) groups is 2. The molecule has 0 radical (unpaired) electrons. The van der Waals surface area contributed by atoms with Crippen LogP contribution in [0.1, 0.15) is 47.8 Å². The number of hydrogen-bond donors (Lipinski definition) is 1. The average Bonchev–Trinajstić information content (AvgIpc) is 3.59. The minimum Gasteiger partial charge on any atom is -0.324 e. The third-order valence-corrected chi connectivity index (χ3v) is 9.62. The Hall–Kier alpha value is -5.74. The summed E-state index contributed by atoms with van der Waals surface area (Å²) in [6.07, 6.45) is -0.323. The molecule has 1 aliphatic heterocycles. The summed E-state index contributed by atoms with van der Waals surface area (Å²) in [5.74, 6) is 1.64. The maximum atomic E-state index is 5.09. The lowest BCUT2D eigenvalue weighted by Crippen LogP contribution is -2.36. The highest BCUT2D eigenvalue weighted by atomic mass is 15.2. The molecule has 7 aromatic rings. The lowest BCUT2D eigenvalue weighted by Gasteiger charge is -2.22. The minimum atomic E-state index is -0.323. The van der Waals surface area contributed by atoms with Crippen molar-refractivity contribution in [2.75, 3.05) is 0 Å². The maximum absolute atomic E-state index is 5.09. The first kappa shape index (κ1) is 26.6. The van der Waals surface area contributed by atoms with Crippen molar-refractivity contribution in [1.82, 2.24) is 9.88 Å². The number of rotatable bonds is 4. The van der Waals surface area contributed by atoms with Crippen molar-refractivity contribution in [2.45, 2.75) is 25.4 Å². The van der Waals surface area contributed by atoms with E-state index in [4.69, 9.17) is 9.98 Å². The van der Waals surface area contributed by atoms with Gasteiger partial charge < -0.3 is 9.88 Å². The summed E-state index contributed by atoms with van der Waals surface area (Å²) < 4.78 is 2.47. The van der Waals surface area contributed by atoms with E-state index in [1.54, 1.807) is 0 Å². The fourth-order valence-electron chi connectivity index (χ4n) is 7.44. The van der Waals surface area contributed by atoms with Crippen LogP contribution >= 0.6 is 0 Å². The van der Waals surface area contributed by atoms with E-state index in [0.29, 0.717) is 0 Å². The van der Waals surface area contributed by atoms with Crippen molar-refractivity contribution < 1.29 is 0 Å². The van der Waals surface area contributed by atoms with Crippen LogP contribution in [0.4, 0.5) is 0 Å². The van der Waals surface area contributed by atoms with Gasteiger partial charge in [0.2, 0.25) is 0 Å². The van der Waals surface area contributed by atoms with Gasteiger partial charge in [0, 0.05) is 33.2 Å². The Balaban J connectivity index is 1.20. The molecule has 2 heterocycles. The van der Waals surface area contributed by atoms with Gasteiger partial charge >= 0.3 is 0 Å². The second kappa shape index (κ2) is 10.1. The molecule has 0 bridgehead atoms. The molecule has 46 heavy (non-hydrogen) atoms. The zero-order valence-electron chi connectivity index (χ0n) is 25.8. The van der Waals surface area contributed by atoms with Gasteiger partial charge in [-0.2, -0.15) is 0 Å². The monoisotopic (exact) mass is 592 g/mol. The van der Waals surface area contributed by atoms with Crippen LogP contribution in [-0.4, -0.2) is 16.2 Å². The van der Waals surface area contributed by atoms with Gasteiger partial charge in [-0.05, 0) is 57.8 Å². The van der Waals surface area contributed by atoms with Crippen LogP contribution in [-0.2, 0) is 5.41 Å². The largest absolute Gasteiger partial charge is 0.324 e. The fraction of sp³-hybridized carbons (Fsp3) is 0.0952. The molecule has 0 saturated carbocycles. The van der Waals surface area contributed by atoms with E-state index in [0.717, 1.165) is 34.0 Å². The zero-order valence-corrected chi connectivity index (χ0v) is 25.8. The Morgan fingerprint density at radius 1 is 0.609 bits per heavy atom. The molecule has 4 heteroatoms. The van der Waals surface area contributed by atoms with Crippen LogP contribution in [0.15, 0.2) is 156 Å². The van der Waals surface area contributed by atoms with Gasteiger partial charge in [0.25, 0.3) is 0 Å². The molecule has 1 atom stereocenters. The second-order valence-corrected chi connectivity index (χ2v) is 12.7. The number of benzene rings is 6. The van der Waals surface area contributed by atoms with Gasteiger partial charge in [0.1, 0.15) is 11.7 Å². The molecule has 6 aromatic carbocycles. The lowest BCUT2D eigenvalue weighted by atomic mass is 9.81. The molecule has 0 amide bonds. The first-order valence-electron chi connectivity index (χ1n) is 15.9. The first-order chi connectivity index (χ1) is 22.6. The van der Waals surface area contributed by atoms with Gasteiger partial charge in [-0.15, -0.1) is 0 Å². The van der Waals surface area contributed by atoms with Crippen LogP contribution in [0, 0.1) is 0 Å². The SMILES string of the molecule is CC1(C)c2ccccc2-c2c1c1c3ccccc3ccc1n2-c1ccc(C2=NC(c3ccccc3)N=C(c3ccccc3)N2)cc1. The Morgan fingerprint density at radius 3 is 2.00 bits per heavy atom. The van der Waals surface area contributed by atoms with Crippen molar-refractivity contribution in [3.63, 3.8) is 0 Å². The van der Waals surface area contributed by atoms with Crippen LogP contribution in [0.3, 0.4) is 0 Å². The van der Waals surface area contributed by atoms with Crippen molar-refractivity contribution >= 4 is 33.3 Å². The van der Waals surface area contributed by atoms with Crippen LogP contribution in [0.25, 0.3) is 38.6 Å². The summed E-state index contributed by atoms with van der Waals surface area (Å²) in [6, 6.07) is 51.6. The summed E-state index contributed by atoms with van der Waals surface area (Å²) in [6.45, 7) is 4.74. The minimum absolute atomic E-state index is 0.125. The molecule has 220 valence electrons. The number of hydrogen-bond acceptors (Lipinski definition) is 3. The smallest absolute Gasteiger partial charge is 0.169 e. The van der Waals surface area contributed by atoms with E-state index >= 15 is 0 Å². The van der Waals surface area contributed by atoms with E-state index < -0.39 is 0 Å². The third-order valence-electron chi connectivity index (χ3n) is 9.62. The number of fused-ring (bicyclic) bond motifs is 7. The molecule has 1 aromatic heterocycles. The second-order valence-electron chi connectivity index (χ2n) is 12.7. The number of amidine groups is 2. The highest BCUT2D eigenvalue weighted by molar-refractivity contribution is 6.16. The van der Waals surface area contributed by atoms with Gasteiger partial charge in [0.15, 0.2) is 6.17 Å². The number of nitrogens with zero attached hydrogens (tertiary/aromatic N) is 3. The van der Waals surface area contributed by atoms with E-state index in [-0.39, 0.29) is 11.6 Å². The maximum Gasteiger partial charge on any atom is 0.169 e. The van der Waals surface area contributed by atoms with E-state index in [9.17, 15) is 0 Å². The summed E-state index contributed by atoms with van der Waals surface area (Å²) in [5, 5.41) is 7.45. The first-order valence-corrected chi connectivity index (χ1v) is 15.9. The van der Waals surface area contributed by atoms with E-state index in [1.165, 1.54) is 44.1 Å². The Labute approximate surface area is 268 Å². The highest BCUT2D eigenvalue weighted by Gasteiger charge is 2.40. The van der Waals surface area contributed by atoms with Gasteiger partial charge in [0.05, 0.1) is 11.2 Å². The fourth-order valence-corrected chi connectivity index (χ4v) is 7.44. The molecule has 1 aliphatic carbocycles. The van der Waals surface area contributed by atoms with Crippen LogP contribution in [0.5, 0.6) is 0 Å². The van der Waals surface area contributed by atoms with Gasteiger partial charge in [-0.25, -0.2) is 9.98 Å². The van der Waals surface area contributed by atoms with Crippen molar-refractivity contribution in [3.8, 4) is 16.9 Å². The molecular formula is C42H32N4. The zero-order chi connectivity index (χ0) is 30.8. The quantitative estimate of drug-likeness (QED) is 0.217. The Kier molecular flexibility index (Phi) is 5.88. The predicted octanol–water partition coefficient (Wildman–Crippen LogP) is 9.59. The topological polar surface area (TPSA) is 41.7 Å². The van der Waals surface area contributed by atoms with E-state index in [1.807, 2.05) is 36.4 Å². The molecule has 0 spiro atoms. The third kappa shape index (κ3) is 4.00. The summed E-state index contributed by atoms with van der Waals surface area (Å²) in [7, 11) is 0. The van der Waals surface area contributed by atoms with Crippen molar-refractivity contribution in [1.29, 1.82) is 0 Å². The molecule has 2 aliphatic rings. The highest BCUT2D eigenvalue weighted by Crippen LogP contribution is 2.54. The normalized spacial score (nSPS) is 16.4. The predicted molar refractivity (Wildman–Crippen MR) is 190 cm³/mol. The Bertz CT molecular complexity index is 2340.